The van der Waals surface area contributed by atoms with Crippen LogP contribution in [0.3, 0.4) is 0 Å². The van der Waals surface area contributed by atoms with Crippen molar-refractivity contribution in [2.45, 2.75) is 32.2 Å². The summed E-state index contributed by atoms with van der Waals surface area (Å²) in [6.45, 7) is 3.57. The lowest BCUT2D eigenvalue weighted by Gasteiger charge is -2.06. The summed E-state index contributed by atoms with van der Waals surface area (Å²) in [6.07, 6.45) is 3.68. The van der Waals surface area contributed by atoms with Crippen LogP contribution in [0.5, 0.6) is 0 Å². The number of aliphatic hydroxyl groups excluding tert-OH is 1. The molecule has 0 amide bonds. The molecule has 1 aliphatic heterocycles. The lowest BCUT2D eigenvalue weighted by atomic mass is 10.0. The molecule has 2 heteroatoms. The van der Waals surface area contributed by atoms with Crippen molar-refractivity contribution in [3.05, 3.63) is 0 Å². The topological polar surface area (TPSA) is 32.3 Å². The standard InChI is InChI=1S/C8H17NO/c1-2-3-8-4-7(6-10)5-9-8/h7-10H,2-6H2,1H3. The summed E-state index contributed by atoms with van der Waals surface area (Å²) < 4.78 is 0. The zero-order valence-corrected chi connectivity index (χ0v) is 6.64. The maximum atomic E-state index is 8.81. The van der Waals surface area contributed by atoms with E-state index in [0.29, 0.717) is 18.6 Å². The molecule has 1 fully saturated rings. The summed E-state index contributed by atoms with van der Waals surface area (Å²) in [5.41, 5.74) is 0. The third kappa shape index (κ3) is 1.96. The second kappa shape index (κ2) is 3.94. The van der Waals surface area contributed by atoms with E-state index in [2.05, 4.69) is 12.2 Å². The second-order valence-corrected chi connectivity index (χ2v) is 3.18. The van der Waals surface area contributed by atoms with E-state index in [1.54, 1.807) is 0 Å². The highest BCUT2D eigenvalue weighted by Crippen LogP contribution is 2.16. The molecule has 0 aromatic heterocycles. The van der Waals surface area contributed by atoms with Crippen molar-refractivity contribution >= 4 is 0 Å². The Bertz CT molecular complexity index is 95.3. The van der Waals surface area contributed by atoms with Gasteiger partial charge in [-0.05, 0) is 18.8 Å². The molecule has 0 spiro atoms. The van der Waals surface area contributed by atoms with Crippen LogP contribution in [0.25, 0.3) is 0 Å². The molecule has 1 heterocycles. The fourth-order valence-electron chi connectivity index (χ4n) is 1.61. The summed E-state index contributed by atoms with van der Waals surface area (Å²) in [4.78, 5) is 0. The second-order valence-electron chi connectivity index (χ2n) is 3.18. The third-order valence-electron chi connectivity index (χ3n) is 2.21. The van der Waals surface area contributed by atoms with Crippen LogP contribution in [0.2, 0.25) is 0 Å². The van der Waals surface area contributed by atoms with Gasteiger partial charge in [0.1, 0.15) is 0 Å². The molecule has 0 bridgehead atoms. The van der Waals surface area contributed by atoms with Gasteiger partial charge >= 0.3 is 0 Å². The molecule has 2 unspecified atom stereocenters. The van der Waals surface area contributed by atoms with E-state index in [0.717, 1.165) is 6.54 Å². The summed E-state index contributed by atoms with van der Waals surface area (Å²) in [5, 5.41) is 12.2. The minimum Gasteiger partial charge on any atom is -0.396 e. The van der Waals surface area contributed by atoms with Gasteiger partial charge in [-0.1, -0.05) is 13.3 Å². The zero-order valence-electron chi connectivity index (χ0n) is 6.64. The van der Waals surface area contributed by atoms with Gasteiger partial charge in [-0.2, -0.15) is 0 Å². The van der Waals surface area contributed by atoms with E-state index in [4.69, 9.17) is 5.11 Å². The molecule has 0 saturated carbocycles. The first kappa shape index (κ1) is 8.02. The molecule has 60 valence electrons. The number of rotatable bonds is 3. The van der Waals surface area contributed by atoms with Crippen molar-refractivity contribution in [2.24, 2.45) is 5.92 Å². The van der Waals surface area contributed by atoms with E-state index in [1.807, 2.05) is 0 Å². The Morgan fingerprint density at radius 3 is 2.90 bits per heavy atom. The van der Waals surface area contributed by atoms with Gasteiger partial charge in [0.15, 0.2) is 0 Å². The summed E-state index contributed by atoms with van der Waals surface area (Å²) >= 11 is 0. The monoisotopic (exact) mass is 143 g/mol. The first-order valence-corrected chi connectivity index (χ1v) is 4.21. The van der Waals surface area contributed by atoms with Crippen LogP contribution in [0.4, 0.5) is 0 Å². The SMILES string of the molecule is CCCC1CC(CO)CN1. The van der Waals surface area contributed by atoms with Crippen molar-refractivity contribution in [3.63, 3.8) is 0 Å². The van der Waals surface area contributed by atoms with E-state index < -0.39 is 0 Å². The Hall–Kier alpha value is -0.0800. The quantitative estimate of drug-likeness (QED) is 0.611. The molecule has 10 heavy (non-hydrogen) atoms. The highest BCUT2D eigenvalue weighted by molar-refractivity contribution is 4.80. The molecule has 1 aliphatic rings. The molecule has 2 atom stereocenters. The van der Waals surface area contributed by atoms with Crippen LogP contribution in [0.1, 0.15) is 26.2 Å². The Morgan fingerprint density at radius 1 is 1.60 bits per heavy atom. The molecule has 2 nitrogen and oxygen atoms in total. The van der Waals surface area contributed by atoms with Crippen LogP contribution >= 0.6 is 0 Å². The number of nitrogens with one attached hydrogen (secondary N) is 1. The molecule has 0 radical (unpaired) electrons. The number of hydrogen-bond acceptors (Lipinski definition) is 2. The predicted octanol–water partition coefficient (Wildman–Crippen LogP) is 0.757. The van der Waals surface area contributed by atoms with Gasteiger partial charge in [0, 0.05) is 19.2 Å². The minimum absolute atomic E-state index is 0.354. The number of aliphatic hydroxyl groups is 1. The summed E-state index contributed by atoms with van der Waals surface area (Å²) in [5.74, 6) is 0.525. The van der Waals surface area contributed by atoms with E-state index in [1.165, 1.54) is 19.3 Å². The molecule has 2 N–H and O–H groups in total. The molecular weight excluding hydrogens is 126 g/mol. The normalized spacial score (nSPS) is 33.0. The van der Waals surface area contributed by atoms with Gasteiger partial charge in [0.25, 0.3) is 0 Å². The molecular formula is C8H17NO. The number of hydrogen-bond donors (Lipinski definition) is 2. The Labute approximate surface area is 62.6 Å². The van der Waals surface area contributed by atoms with Crippen molar-refractivity contribution in [1.82, 2.24) is 5.32 Å². The van der Waals surface area contributed by atoms with E-state index in [-0.39, 0.29) is 0 Å². The minimum atomic E-state index is 0.354. The molecule has 0 aromatic rings. The van der Waals surface area contributed by atoms with Gasteiger partial charge in [-0.25, -0.2) is 0 Å². The van der Waals surface area contributed by atoms with Crippen LogP contribution in [0, 0.1) is 5.92 Å². The highest BCUT2D eigenvalue weighted by Gasteiger charge is 2.21. The van der Waals surface area contributed by atoms with Crippen molar-refractivity contribution in [3.8, 4) is 0 Å². The van der Waals surface area contributed by atoms with Crippen LogP contribution in [-0.4, -0.2) is 24.3 Å². The molecule has 1 saturated heterocycles. The summed E-state index contributed by atoms with van der Waals surface area (Å²) in [7, 11) is 0. The van der Waals surface area contributed by atoms with Gasteiger partial charge in [-0.15, -0.1) is 0 Å². The molecule has 0 aromatic carbocycles. The van der Waals surface area contributed by atoms with Gasteiger partial charge < -0.3 is 10.4 Å². The van der Waals surface area contributed by atoms with Crippen LogP contribution in [0.15, 0.2) is 0 Å². The van der Waals surface area contributed by atoms with Crippen molar-refractivity contribution in [2.75, 3.05) is 13.2 Å². The van der Waals surface area contributed by atoms with E-state index >= 15 is 0 Å². The molecule has 1 rings (SSSR count). The fourth-order valence-corrected chi connectivity index (χ4v) is 1.61. The Kier molecular flexibility index (Phi) is 3.16. The van der Waals surface area contributed by atoms with E-state index in [9.17, 15) is 0 Å². The smallest absolute Gasteiger partial charge is 0.0471 e. The van der Waals surface area contributed by atoms with Gasteiger partial charge in [-0.3, -0.25) is 0 Å². The third-order valence-corrected chi connectivity index (χ3v) is 2.21. The van der Waals surface area contributed by atoms with Crippen LogP contribution in [-0.2, 0) is 0 Å². The van der Waals surface area contributed by atoms with Crippen LogP contribution < -0.4 is 5.32 Å². The first-order valence-electron chi connectivity index (χ1n) is 4.21. The maximum Gasteiger partial charge on any atom is 0.0471 e. The first-order chi connectivity index (χ1) is 4.86. The van der Waals surface area contributed by atoms with Gasteiger partial charge in [0.05, 0.1) is 0 Å². The predicted molar refractivity (Wildman–Crippen MR) is 41.9 cm³/mol. The average Bonchev–Trinajstić information content (AvgIpc) is 2.37. The van der Waals surface area contributed by atoms with Gasteiger partial charge in [0.2, 0.25) is 0 Å². The summed E-state index contributed by atoms with van der Waals surface area (Å²) in [6, 6.07) is 0.683. The lowest BCUT2D eigenvalue weighted by Crippen LogP contribution is -2.20. The Morgan fingerprint density at radius 2 is 2.40 bits per heavy atom. The Balaban J connectivity index is 2.15. The maximum absolute atomic E-state index is 8.81. The fraction of sp³-hybridized carbons (Fsp3) is 1.00. The van der Waals surface area contributed by atoms with Crippen molar-refractivity contribution < 1.29 is 5.11 Å². The highest BCUT2D eigenvalue weighted by atomic mass is 16.3. The average molecular weight is 143 g/mol. The van der Waals surface area contributed by atoms with Crippen molar-refractivity contribution in [1.29, 1.82) is 0 Å². The lowest BCUT2D eigenvalue weighted by molar-refractivity contribution is 0.235. The largest absolute Gasteiger partial charge is 0.396 e. The zero-order chi connectivity index (χ0) is 7.40. The molecule has 0 aliphatic carbocycles.